The minimum Gasteiger partial charge on any atom is -0.501 e. The number of carbonyl (C=O) groups is 5. The average molecular weight is 476 g/mol. The first-order chi connectivity index (χ1) is 15.2. The van der Waals surface area contributed by atoms with E-state index in [4.69, 9.17) is 6.11 Å². The van der Waals surface area contributed by atoms with Crippen molar-refractivity contribution in [3.05, 3.63) is 12.3 Å². The van der Waals surface area contributed by atoms with Crippen LogP contribution < -0.4 is 0 Å². The molecule has 0 aromatic carbocycles. The summed E-state index contributed by atoms with van der Waals surface area (Å²) in [6.45, 7) is 13.7. The fourth-order valence-electron chi connectivity index (χ4n) is 2.22. The van der Waals surface area contributed by atoms with Gasteiger partial charge in [-0.3, -0.25) is 24.0 Å². The van der Waals surface area contributed by atoms with Crippen LogP contribution in [0.2, 0.25) is 0 Å². The molecule has 0 aromatic rings. The fraction of sp³-hybridized carbons (Fsp3) is 0.708. The SMILES string of the molecule is C.C=C(OC)C(C)C(C)C(=O)OC.CC1C(=O)OC(=O)C1C.[2H]CC(=O)C(C)C(C)C(=O)OC. The van der Waals surface area contributed by atoms with Crippen LogP contribution in [-0.4, -0.2) is 51.0 Å². The number of ketones is 1. The fourth-order valence-corrected chi connectivity index (χ4v) is 2.22. The van der Waals surface area contributed by atoms with Gasteiger partial charge in [0.15, 0.2) is 0 Å². The number of ether oxygens (including phenoxy) is 4. The highest BCUT2D eigenvalue weighted by Crippen LogP contribution is 2.21. The molecule has 0 aromatic heterocycles. The van der Waals surface area contributed by atoms with Crippen LogP contribution in [0.15, 0.2) is 12.3 Å². The van der Waals surface area contributed by atoms with Gasteiger partial charge in [-0.1, -0.05) is 55.5 Å². The molecular weight excluding hydrogens is 432 g/mol. The topological polar surface area (TPSA) is 122 Å². The second-order valence-corrected chi connectivity index (χ2v) is 7.66. The van der Waals surface area contributed by atoms with Crippen LogP contribution >= 0.6 is 0 Å². The highest BCUT2D eigenvalue weighted by molar-refractivity contribution is 5.95. The molecule has 1 fully saturated rings. The van der Waals surface area contributed by atoms with Crippen molar-refractivity contribution in [2.24, 2.45) is 35.5 Å². The summed E-state index contributed by atoms with van der Waals surface area (Å²) in [5, 5.41) is 0. The normalized spacial score (nSPS) is 20.3. The Morgan fingerprint density at radius 3 is 1.42 bits per heavy atom. The van der Waals surface area contributed by atoms with Gasteiger partial charge in [0.1, 0.15) is 5.78 Å². The Hall–Kier alpha value is -2.71. The van der Waals surface area contributed by atoms with E-state index in [1.807, 2.05) is 6.92 Å². The molecule has 1 rings (SSSR count). The van der Waals surface area contributed by atoms with E-state index in [9.17, 15) is 24.0 Å². The predicted molar refractivity (Wildman–Crippen MR) is 124 cm³/mol. The van der Waals surface area contributed by atoms with Gasteiger partial charge in [0.25, 0.3) is 0 Å². The number of esters is 4. The second kappa shape index (κ2) is 16.9. The van der Waals surface area contributed by atoms with Gasteiger partial charge in [0.2, 0.25) is 0 Å². The van der Waals surface area contributed by atoms with Crippen LogP contribution in [0.4, 0.5) is 0 Å². The van der Waals surface area contributed by atoms with Gasteiger partial charge in [0.05, 0.1) is 50.8 Å². The largest absolute Gasteiger partial charge is 0.501 e. The maximum Gasteiger partial charge on any atom is 0.317 e. The molecule has 6 atom stereocenters. The molecule has 33 heavy (non-hydrogen) atoms. The molecule has 192 valence electrons. The average Bonchev–Trinajstić information content (AvgIpc) is 3.05. The predicted octanol–water partition coefficient (Wildman–Crippen LogP) is 3.59. The molecule has 0 bridgehead atoms. The van der Waals surface area contributed by atoms with Gasteiger partial charge < -0.3 is 18.9 Å². The minimum atomic E-state index is -0.451. The number of cyclic esters (lactones) is 2. The first kappa shape index (κ1) is 32.5. The number of hydrogen-bond acceptors (Lipinski definition) is 9. The lowest BCUT2D eigenvalue weighted by molar-refractivity contribution is -0.153. The van der Waals surface area contributed by atoms with E-state index in [-0.39, 0.29) is 49.8 Å². The molecule has 1 saturated heterocycles. The summed E-state index contributed by atoms with van der Waals surface area (Å²) in [7, 11) is 4.21. The van der Waals surface area contributed by atoms with Gasteiger partial charge in [-0.25, -0.2) is 0 Å². The van der Waals surface area contributed by atoms with Crippen molar-refractivity contribution < 1.29 is 44.3 Å². The first-order valence-electron chi connectivity index (χ1n) is 10.9. The molecule has 1 aliphatic heterocycles. The lowest BCUT2D eigenvalue weighted by Gasteiger charge is -2.18. The third-order valence-corrected chi connectivity index (χ3v) is 5.62. The zero-order valence-corrected chi connectivity index (χ0v) is 20.6. The van der Waals surface area contributed by atoms with Crippen LogP contribution in [0.3, 0.4) is 0 Å². The number of Topliss-reactive ketones (excluding diaryl/α,β-unsaturated/α-hetero) is 1. The minimum absolute atomic E-state index is 0. The standard InChI is InChI=1S/C9H16O3.C8H14O3.C6H8O3.CH4/c1-6(8(3)11-4)7(2)9(10)12-5;1-5(7(3)9)6(2)8(10)11-4;1-3-4(2)6(8)9-5(3)7;/h6-7H,3H2,1-2,4-5H3;5-6H,1-4H3;3-4H,1-2H3;1H4/i;3D;;. The van der Waals surface area contributed by atoms with Crippen molar-refractivity contribution in [1.82, 2.24) is 0 Å². The third-order valence-electron chi connectivity index (χ3n) is 5.62. The van der Waals surface area contributed by atoms with Crippen molar-refractivity contribution in [3.8, 4) is 0 Å². The van der Waals surface area contributed by atoms with E-state index < -0.39 is 29.7 Å². The Balaban J connectivity index is -0.000000422. The van der Waals surface area contributed by atoms with Crippen LogP contribution in [-0.2, 0) is 42.9 Å². The molecule has 0 saturated carbocycles. The summed E-state index contributed by atoms with van der Waals surface area (Å²) in [6, 6.07) is 0. The summed E-state index contributed by atoms with van der Waals surface area (Å²) in [6.07, 6.45) is 0. The molecule has 1 heterocycles. The van der Waals surface area contributed by atoms with Gasteiger partial charge >= 0.3 is 23.9 Å². The highest BCUT2D eigenvalue weighted by atomic mass is 16.6. The lowest BCUT2D eigenvalue weighted by Crippen LogP contribution is -2.24. The molecule has 0 amide bonds. The molecule has 0 spiro atoms. The number of rotatable bonds is 7. The summed E-state index contributed by atoms with van der Waals surface area (Å²) in [4.78, 5) is 54.1. The number of carbonyl (C=O) groups excluding carboxylic acids is 5. The van der Waals surface area contributed by atoms with E-state index >= 15 is 0 Å². The molecule has 9 heteroatoms. The Bertz CT molecular complexity index is 607. The van der Waals surface area contributed by atoms with E-state index in [0.29, 0.717) is 5.76 Å². The number of allylic oxidation sites excluding steroid dienone is 1. The van der Waals surface area contributed by atoms with Gasteiger partial charge in [-0.15, -0.1) is 0 Å². The van der Waals surface area contributed by atoms with E-state index in [0.717, 1.165) is 0 Å². The van der Waals surface area contributed by atoms with E-state index in [1.54, 1.807) is 41.7 Å². The zero-order valence-electron chi connectivity index (χ0n) is 21.6. The molecule has 0 N–H and O–H groups in total. The number of hydrogen-bond donors (Lipinski definition) is 0. The summed E-state index contributed by atoms with van der Waals surface area (Å²) in [5.41, 5.74) is 0. The Labute approximate surface area is 199 Å². The molecule has 0 radical (unpaired) electrons. The maximum atomic E-state index is 11.1. The van der Waals surface area contributed by atoms with Crippen molar-refractivity contribution in [1.29, 1.82) is 0 Å². The lowest BCUT2D eigenvalue weighted by atomic mass is 9.93. The Morgan fingerprint density at radius 1 is 0.818 bits per heavy atom. The van der Waals surface area contributed by atoms with Crippen LogP contribution in [0.1, 0.15) is 57.2 Å². The van der Waals surface area contributed by atoms with Gasteiger partial charge in [-0.05, 0) is 6.90 Å². The smallest absolute Gasteiger partial charge is 0.317 e. The van der Waals surface area contributed by atoms with Crippen LogP contribution in [0.5, 0.6) is 0 Å². The second-order valence-electron chi connectivity index (χ2n) is 7.66. The molecule has 0 aliphatic carbocycles. The van der Waals surface area contributed by atoms with Gasteiger partial charge in [-0.2, -0.15) is 0 Å². The van der Waals surface area contributed by atoms with Gasteiger partial charge in [0, 0.05) is 13.2 Å². The summed E-state index contributed by atoms with van der Waals surface area (Å²) < 4.78 is 25.1. The van der Waals surface area contributed by atoms with Crippen LogP contribution in [0.25, 0.3) is 0 Å². The summed E-state index contributed by atoms with van der Waals surface area (Å²) in [5.74, 6) is -2.64. The molecule has 9 nitrogen and oxygen atoms in total. The van der Waals surface area contributed by atoms with E-state index in [1.165, 1.54) is 14.2 Å². The van der Waals surface area contributed by atoms with Crippen molar-refractivity contribution in [3.63, 3.8) is 0 Å². The first-order valence-corrected chi connectivity index (χ1v) is 10.2. The van der Waals surface area contributed by atoms with Crippen molar-refractivity contribution >= 4 is 29.7 Å². The highest BCUT2D eigenvalue weighted by Gasteiger charge is 2.37. The Morgan fingerprint density at radius 2 is 1.18 bits per heavy atom. The van der Waals surface area contributed by atoms with E-state index in [2.05, 4.69) is 20.8 Å². The molecular formula is C24H42O9. The molecule has 1 aliphatic rings. The Kier molecular flexibility index (Phi) is 16.6. The molecule has 6 unspecified atom stereocenters. The van der Waals surface area contributed by atoms with Crippen molar-refractivity contribution in [2.45, 2.75) is 55.9 Å². The zero-order chi connectivity index (χ0) is 26.5. The monoisotopic (exact) mass is 475 g/mol. The quantitative estimate of drug-likeness (QED) is 0.235. The van der Waals surface area contributed by atoms with Crippen molar-refractivity contribution in [2.75, 3.05) is 21.3 Å². The van der Waals surface area contributed by atoms with Crippen LogP contribution in [0, 0.1) is 35.5 Å². The number of methoxy groups -OCH3 is 3. The third kappa shape index (κ3) is 11.6. The summed E-state index contributed by atoms with van der Waals surface area (Å²) >= 11 is 0. The maximum absolute atomic E-state index is 11.1.